The summed E-state index contributed by atoms with van der Waals surface area (Å²) in [7, 11) is 0. The molecule has 1 aromatic rings. The maximum absolute atomic E-state index is 10.9. The van der Waals surface area contributed by atoms with Crippen LogP contribution in [0.2, 0.25) is 5.02 Å². The zero-order chi connectivity index (χ0) is 13.5. The van der Waals surface area contributed by atoms with Gasteiger partial charge in [0.2, 0.25) is 0 Å². The normalized spacial score (nSPS) is 10.7. The highest BCUT2D eigenvalue weighted by Crippen LogP contribution is 2.23. The van der Waals surface area contributed by atoms with Crippen molar-refractivity contribution in [1.29, 1.82) is 0 Å². The van der Waals surface area contributed by atoms with Crippen LogP contribution >= 0.6 is 11.6 Å². The highest BCUT2D eigenvalue weighted by Gasteiger charge is 2.12. The number of rotatable bonds is 7. The number of halogens is 1. The van der Waals surface area contributed by atoms with Crippen molar-refractivity contribution in [2.75, 3.05) is 25.1 Å². The Labute approximate surface area is 111 Å². The number of hydrogen-bond acceptors (Lipinski definition) is 4. The van der Waals surface area contributed by atoms with Crippen LogP contribution < -0.4 is 5.32 Å². The van der Waals surface area contributed by atoms with Gasteiger partial charge >= 0.3 is 5.97 Å². The minimum absolute atomic E-state index is 0.0391. The van der Waals surface area contributed by atoms with Gasteiger partial charge in [0.25, 0.3) is 0 Å². The summed E-state index contributed by atoms with van der Waals surface area (Å²) in [5, 5.41) is 12.0. The fraction of sp³-hybridized carbons (Fsp3) is 0.500. The average molecular weight is 273 g/mol. The Morgan fingerprint density at radius 3 is 2.94 bits per heavy atom. The number of anilines is 1. The minimum Gasteiger partial charge on any atom is -0.478 e. The van der Waals surface area contributed by atoms with Crippen LogP contribution in [0.1, 0.15) is 24.2 Å². The molecular formula is C12H17ClN2O3. The number of carboxylic acids is 1. The lowest BCUT2D eigenvalue weighted by Gasteiger charge is -2.10. The molecule has 1 aromatic heterocycles. The Kier molecular flexibility index (Phi) is 5.88. The van der Waals surface area contributed by atoms with Crippen LogP contribution in [-0.4, -0.2) is 35.8 Å². The predicted molar refractivity (Wildman–Crippen MR) is 70.4 cm³/mol. The maximum Gasteiger partial charge on any atom is 0.337 e. The zero-order valence-corrected chi connectivity index (χ0v) is 11.2. The lowest BCUT2D eigenvalue weighted by Crippen LogP contribution is -2.13. The van der Waals surface area contributed by atoms with Gasteiger partial charge in [0, 0.05) is 19.3 Å². The van der Waals surface area contributed by atoms with Crippen molar-refractivity contribution in [3.05, 3.63) is 22.8 Å². The van der Waals surface area contributed by atoms with Gasteiger partial charge in [-0.25, -0.2) is 9.78 Å². The van der Waals surface area contributed by atoms with E-state index in [-0.39, 0.29) is 10.6 Å². The second kappa shape index (κ2) is 7.18. The third-order valence-corrected chi connectivity index (χ3v) is 2.49. The Hall–Kier alpha value is -1.33. The van der Waals surface area contributed by atoms with Crippen molar-refractivity contribution in [2.45, 2.75) is 13.8 Å². The molecule has 0 atom stereocenters. The van der Waals surface area contributed by atoms with E-state index in [0.29, 0.717) is 31.5 Å². The lowest BCUT2D eigenvalue weighted by molar-refractivity contribution is 0.0697. The number of carbonyl (C=O) groups is 1. The van der Waals surface area contributed by atoms with E-state index in [1.54, 1.807) is 0 Å². The molecule has 0 fully saturated rings. The third kappa shape index (κ3) is 4.50. The van der Waals surface area contributed by atoms with Crippen LogP contribution in [0, 0.1) is 5.92 Å². The molecule has 0 aliphatic heterocycles. The lowest BCUT2D eigenvalue weighted by atomic mass is 10.2. The Morgan fingerprint density at radius 1 is 1.61 bits per heavy atom. The summed E-state index contributed by atoms with van der Waals surface area (Å²) in [4.78, 5) is 14.9. The van der Waals surface area contributed by atoms with Gasteiger partial charge in [-0.3, -0.25) is 0 Å². The predicted octanol–water partition coefficient (Wildman–Crippen LogP) is 2.52. The fourth-order valence-corrected chi connectivity index (χ4v) is 1.55. The first kappa shape index (κ1) is 14.7. The molecule has 5 nitrogen and oxygen atoms in total. The zero-order valence-electron chi connectivity index (χ0n) is 10.4. The first-order valence-corrected chi connectivity index (χ1v) is 6.09. The van der Waals surface area contributed by atoms with Crippen molar-refractivity contribution in [2.24, 2.45) is 5.92 Å². The molecule has 0 aliphatic carbocycles. The second-order valence-electron chi connectivity index (χ2n) is 4.22. The van der Waals surface area contributed by atoms with Gasteiger partial charge in [-0.2, -0.15) is 0 Å². The van der Waals surface area contributed by atoms with Gasteiger partial charge in [0.15, 0.2) is 0 Å². The Balaban J connectivity index is 2.48. The van der Waals surface area contributed by atoms with E-state index in [1.807, 2.05) is 0 Å². The van der Waals surface area contributed by atoms with Gasteiger partial charge in [-0.05, 0) is 12.0 Å². The van der Waals surface area contributed by atoms with Crippen molar-refractivity contribution in [3.63, 3.8) is 0 Å². The van der Waals surface area contributed by atoms with Gasteiger partial charge in [0.05, 0.1) is 17.2 Å². The molecular weight excluding hydrogens is 256 g/mol. The Bertz CT molecular complexity index is 410. The molecule has 0 bridgehead atoms. The van der Waals surface area contributed by atoms with Crippen molar-refractivity contribution < 1.29 is 14.6 Å². The largest absolute Gasteiger partial charge is 0.478 e. The number of pyridine rings is 1. The van der Waals surface area contributed by atoms with Crippen molar-refractivity contribution in [3.8, 4) is 0 Å². The van der Waals surface area contributed by atoms with E-state index in [4.69, 9.17) is 21.4 Å². The smallest absolute Gasteiger partial charge is 0.337 e. The highest BCUT2D eigenvalue weighted by molar-refractivity contribution is 6.35. The van der Waals surface area contributed by atoms with E-state index in [9.17, 15) is 4.79 Å². The number of ether oxygens (including phenoxy) is 1. The summed E-state index contributed by atoms with van der Waals surface area (Å²) in [5.41, 5.74) is 0.0391. The summed E-state index contributed by atoms with van der Waals surface area (Å²) in [6.07, 6.45) is 1.41. The molecule has 6 heteroatoms. The van der Waals surface area contributed by atoms with E-state index >= 15 is 0 Å². The van der Waals surface area contributed by atoms with Crippen LogP contribution in [0.15, 0.2) is 12.3 Å². The average Bonchev–Trinajstić information content (AvgIpc) is 2.30. The van der Waals surface area contributed by atoms with Crippen LogP contribution in [0.5, 0.6) is 0 Å². The molecule has 2 N–H and O–H groups in total. The molecule has 0 amide bonds. The molecule has 0 aromatic carbocycles. The summed E-state index contributed by atoms with van der Waals surface area (Å²) in [5.74, 6) is -0.215. The van der Waals surface area contributed by atoms with E-state index in [2.05, 4.69) is 24.1 Å². The molecule has 0 spiro atoms. The topological polar surface area (TPSA) is 71.5 Å². The monoisotopic (exact) mass is 272 g/mol. The molecule has 1 heterocycles. The third-order valence-electron chi connectivity index (χ3n) is 2.11. The van der Waals surface area contributed by atoms with Gasteiger partial charge in [-0.1, -0.05) is 25.4 Å². The molecule has 0 unspecified atom stereocenters. The van der Waals surface area contributed by atoms with Gasteiger partial charge in [-0.15, -0.1) is 0 Å². The molecule has 1 rings (SSSR count). The standard InChI is InChI=1S/C12H17ClN2O3/c1-8(2)7-18-6-5-15-11-10(13)9(12(16)17)3-4-14-11/h3-4,8H,5-7H2,1-2H3,(H,14,15)(H,16,17). The molecule has 0 saturated carbocycles. The highest BCUT2D eigenvalue weighted by atomic mass is 35.5. The van der Waals surface area contributed by atoms with E-state index in [0.717, 1.165) is 0 Å². The summed E-state index contributed by atoms with van der Waals surface area (Å²) < 4.78 is 5.38. The summed E-state index contributed by atoms with van der Waals surface area (Å²) in [6.45, 7) is 5.89. The number of nitrogens with zero attached hydrogens (tertiary/aromatic N) is 1. The minimum atomic E-state index is -1.07. The van der Waals surface area contributed by atoms with Crippen LogP contribution in [0.3, 0.4) is 0 Å². The van der Waals surface area contributed by atoms with Crippen molar-refractivity contribution >= 4 is 23.4 Å². The van der Waals surface area contributed by atoms with Gasteiger partial charge in [0.1, 0.15) is 5.82 Å². The first-order chi connectivity index (χ1) is 8.52. The van der Waals surface area contributed by atoms with Crippen LogP contribution in [0.4, 0.5) is 5.82 Å². The number of hydrogen-bond donors (Lipinski definition) is 2. The van der Waals surface area contributed by atoms with Gasteiger partial charge < -0.3 is 15.2 Å². The molecule has 100 valence electrons. The SMILES string of the molecule is CC(C)COCCNc1nccc(C(=O)O)c1Cl. The quantitative estimate of drug-likeness (QED) is 0.746. The fourth-order valence-electron chi connectivity index (χ4n) is 1.29. The second-order valence-corrected chi connectivity index (χ2v) is 4.60. The molecule has 0 aliphatic rings. The van der Waals surface area contributed by atoms with E-state index in [1.165, 1.54) is 12.3 Å². The number of aromatic carboxylic acids is 1. The maximum atomic E-state index is 10.9. The number of aromatic nitrogens is 1. The van der Waals surface area contributed by atoms with Crippen LogP contribution in [0.25, 0.3) is 0 Å². The molecule has 0 radical (unpaired) electrons. The molecule has 18 heavy (non-hydrogen) atoms. The number of nitrogens with one attached hydrogen (secondary N) is 1. The first-order valence-electron chi connectivity index (χ1n) is 5.71. The Morgan fingerprint density at radius 2 is 2.33 bits per heavy atom. The molecule has 0 saturated heterocycles. The number of carboxylic acid groups (broad SMARTS) is 1. The summed E-state index contributed by atoms with van der Waals surface area (Å²) in [6, 6.07) is 1.37. The van der Waals surface area contributed by atoms with E-state index < -0.39 is 5.97 Å². The summed E-state index contributed by atoms with van der Waals surface area (Å²) >= 11 is 5.92. The van der Waals surface area contributed by atoms with Crippen LogP contribution in [-0.2, 0) is 4.74 Å². The van der Waals surface area contributed by atoms with Crippen molar-refractivity contribution in [1.82, 2.24) is 4.98 Å².